The summed E-state index contributed by atoms with van der Waals surface area (Å²) in [5, 5.41) is 2.80. The summed E-state index contributed by atoms with van der Waals surface area (Å²) in [7, 11) is 0. The molecule has 6 heteroatoms. The lowest BCUT2D eigenvalue weighted by atomic mass is 10.2. The SMILES string of the molecule is O=C(Nc1cc(Cl)ccc1F)c1ccc2c(c1)OCO2. The second kappa shape index (κ2) is 5.02. The molecule has 0 bridgehead atoms. The highest BCUT2D eigenvalue weighted by Crippen LogP contribution is 2.32. The highest BCUT2D eigenvalue weighted by atomic mass is 35.5. The molecule has 1 aliphatic rings. The lowest BCUT2D eigenvalue weighted by Gasteiger charge is -2.07. The van der Waals surface area contributed by atoms with E-state index in [4.69, 9.17) is 21.1 Å². The topological polar surface area (TPSA) is 47.6 Å². The number of carbonyl (C=O) groups excluding carboxylic acids is 1. The minimum absolute atomic E-state index is 0.0279. The van der Waals surface area contributed by atoms with Gasteiger partial charge in [-0.1, -0.05) is 11.6 Å². The average Bonchev–Trinajstić information content (AvgIpc) is 2.90. The smallest absolute Gasteiger partial charge is 0.255 e. The molecule has 0 unspecified atom stereocenters. The second-order valence-electron chi connectivity index (χ2n) is 4.15. The van der Waals surface area contributed by atoms with Crippen LogP contribution < -0.4 is 14.8 Å². The standard InChI is InChI=1S/C14H9ClFNO3/c15-9-2-3-10(16)11(6-9)17-14(18)8-1-4-12-13(5-8)20-7-19-12/h1-6H,7H2,(H,17,18). The van der Waals surface area contributed by atoms with E-state index in [1.807, 2.05) is 0 Å². The van der Waals surface area contributed by atoms with Crippen molar-refractivity contribution in [3.63, 3.8) is 0 Å². The van der Waals surface area contributed by atoms with Gasteiger partial charge >= 0.3 is 0 Å². The highest BCUT2D eigenvalue weighted by molar-refractivity contribution is 6.31. The van der Waals surface area contributed by atoms with Crippen LogP contribution in [0.1, 0.15) is 10.4 Å². The third-order valence-corrected chi connectivity index (χ3v) is 3.05. The van der Waals surface area contributed by atoms with Gasteiger partial charge in [-0.3, -0.25) is 4.79 Å². The molecular formula is C14H9ClFNO3. The van der Waals surface area contributed by atoms with Gasteiger partial charge in [0, 0.05) is 10.6 Å². The van der Waals surface area contributed by atoms with Gasteiger partial charge in [-0.15, -0.1) is 0 Å². The fourth-order valence-electron chi connectivity index (χ4n) is 1.83. The van der Waals surface area contributed by atoms with Gasteiger partial charge in [0.15, 0.2) is 11.5 Å². The van der Waals surface area contributed by atoms with Crippen molar-refractivity contribution in [2.24, 2.45) is 0 Å². The molecule has 1 heterocycles. The van der Waals surface area contributed by atoms with Crippen molar-refractivity contribution >= 4 is 23.2 Å². The average molecular weight is 294 g/mol. The van der Waals surface area contributed by atoms with Crippen molar-refractivity contribution in [3.05, 3.63) is 52.8 Å². The predicted molar refractivity (Wildman–Crippen MR) is 71.9 cm³/mol. The number of anilines is 1. The molecule has 2 aromatic rings. The summed E-state index contributed by atoms with van der Waals surface area (Å²) in [5.74, 6) is 0.0627. The number of rotatable bonds is 2. The molecule has 20 heavy (non-hydrogen) atoms. The van der Waals surface area contributed by atoms with Crippen molar-refractivity contribution in [1.82, 2.24) is 0 Å². The Balaban J connectivity index is 1.84. The Morgan fingerprint density at radius 3 is 2.80 bits per heavy atom. The Labute approximate surface area is 119 Å². The lowest BCUT2D eigenvalue weighted by Crippen LogP contribution is -2.12. The van der Waals surface area contributed by atoms with E-state index in [-0.39, 0.29) is 12.5 Å². The van der Waals surface area contributed by atoms with Crippen molar-refractivity contribution in [3.8, 4) is 11.5 Å². The first-order valence-corrected chi connectivity index (χ1v) is 6.17. The van der Waals surface area contributed by atoms with Crippen LogP contribution in [0, 0.1) is 5.82 Å². The number of amides is 1. The molecule has 2 aromatic carbocycles. The number of hydrogen-bond acceptors (Lipinski definition) is 3. The number of fused-ring (bicyclic) bond motifs is 1. The molecule has 0 aromatic heterocycles. The van der Waals surface area contributed by atoms with Gasteiger partial charge in [-0.2, -0.15) is 0 Å². The zero-order valence-corrected chi connectivity index (χ0v) is 10.9. The summed E-state index contributed by atoms with van der Waals surface area (Å²) in [5.41, 5.74) is 0.369. The maximum absolute atomic E-state index is 13.5. The molecule has 0 fully saturated rings. The first-order chi connectivity index (χ1) is 9.63. The van der Waals surface area contributed by atoms with Crippen molar-refractivity contribution in [2.45, 2.75) is 0 Å². The first kappa shape index (κ1) is 12.7. The highest BCUT2D eigenvalue weighted by Gasteiger charge is 2.17. The van der Waals surface area contributed by atoms with Crippen LogP contribution in [0.5, 0.6) is 11.5 Å². The molecule has 0 radical (unpaired) electrons. The number of nitrogens with one attached hydrogen (secondary N) is 1. The lowest BCUT2D eigenvalue weighted by molar-refractivity contribution is 0.102. The van der Waals surface area contributed by atoms with E-state index in [9.17, 15) is 9.18 Å². The molecule has 0 atom stereocenters. The van der Waals surface area contributed by atoms with E-state index >= 15 is 0 Å². The van der Waals surface area contributed by atoms with Crippen LogP contribution in [-0.4, -0.2) is 12.7 Å². The van der Waals surface area contributed by atoms with Crippen LogP contribution in [0.25, 0.3) is 0 Å². The number of hydrogen-bond donors (Lipinski definition) is 1. The van der Waals surface area contributed by atoms with Gasteiger partial charge in [0.05, 0.1) is 5.69 Å². The molecular weight excluding hydrogens is 285 g/mol. The van der Waals surface area contributed by atoms with Gasteiger partial charge in [-0.05, 0) is 36.4 Å². The van der Waals surface area contributed by atoms with Gasteiger partial charge in [0.1, 0.15) is 5.82 Å². The quantitative estimate of drug-likeness (QED) is 0.922. The molecule has 3 rings (SSSR count). The van der Waals surface area contributed by atoms with Gasteiger partial charge in [0.25, 0.3) is 5.91 Å². The molecule has 102 valence electrons. The Morgan fingerprint density at radius 2 is 1.95 bits per heavy atom. The van der Waals surface area contributed by atoms with Crippen LogP contribution in [0.2, 0.25) is 5.02 Å². The monoisotopic (exact) mass is 293 g/mol. The number of ether oxygens (including phenoxy) is 2. The predicted octanol–water partition coefficient (Wildman–Crippen LogP) is 3.46. The van der Waals surface area contributed by atoms with E-state index in [0.29, 0.717) is 22.1 Å². The molecule has 4 nitrogen and oxygen atoms in total. The molecule has 1 amide bonds. The molecule has 1 N–H and O–H groups in total. The minimum atomic E-state index is -0.552. The summed E-state index contributed by atoms with van der Waals surface area (Å²) in [6.07, 6.45) is 0. The van der Waals surface area contributed by atoms with Crippen molar-refractivity contribution < 1.29 is 18.7 Å². The van der Waals surface area contributed by atoms with E-state index in [0.717, 1.165) is 0 Å². The molecule has 0 aliphatic carbocycles. The number of carbonyl (C=O) groups is 1. The summed E-state index contributed by atoms with van der Waals surface area (Å²) in [6.45, 7) is 0.128. The second-order valence-corrected chi connectivity index (χ2v) is 4.58. The van der Waals surface area contributed by atoms with E-state index < -0.39 is 11.7 Å². The molecule has 1 aliphatic heterocycles. The van der Waals surface area contributed by atoms with Gasteiger partial charge in [-0.25, -0.2) is 4.39 Å². The Kier molecular flexibility index (Phi) is 3.20. The summed E-state index contributed by atoms with van der Waals surface area (Å²) >= 11 is 5.77. The fraction of sp³-hybridized carbons (Fsp3) is 0.0714. The zero-order valence-electron chi connectivity index (χ0n) is 10.2. The van der Waals surface area contributed by atoms with Crippen LogP contribution >= 0.6 is 11.6 Å². The normalized spacial score (nSPS) is 12.3. The molecule has 0 spiro atoms. The van der Waals surface area contributed by atoms with Gasteiger partial charge < -0.3 is 14.8 Å². The Hall–Kier alpha value is -2.27. The van der Waals surface area contributed by atoms with Crippen LogP contribution in [-0.2, 0) is 0 Å². The number of halogens is 2. The molecule has 0 saturated carbocycles. The number of benzene rings is 2. The summed E-state index contributed by atoms with van der Waals surface area (Å²) in [6, 6.07) is 8.70. The van der Waals surface area contributed by atoms with E-state index in [1.165, 1.54) is 18.2 Å². The minimum Gasteiger partial charge on any atom is -0.454 e. The van der Waals surface area contributed by atoms with Crippen molar-refractivity contribution in [2.75, 3.05) is 12.1 Å². The van der Waals surface area contributed by atoms with Crippen LogP contribution in [0.4, 0.5) is 10.1 Å². The van der Waals surface area contributed by atoms with Crippen molar-refractivity contribution in [1.29, 1.82) is 0 Å². The summed E-state index contributed by atoms with van der Waals surface area (Å²) in [4.78, 5) is 12.1. The van der Waals surface area contributed by atoms with E-state index in [1.54, 1.807) is 18.2 Å². The third kappa shape index (κ3) is 2.40. The maximum atomic E-state index is 13.5. The van der Waals surface area contributed by atoms with E-state index in [2.05, 4.69) is 5.32 Å². The van der Waals surface area contributed by atoms with Crippen LogP contribution in [0.15, 0.2) is 36.4 Å². The van der Waals surface area contributed by atoms with Gasteiger partial charge in [0.2, 0.25) is 6.79 Å². The largest absolute Gasteiger partial charge is 0.454 e. The summed E-state index contributed by atoms with van der Waals surface area (Å²) < 4.78 is 23.9. The Bertz CT molecular complexity index is 690. The third-order valence-electron chi connectivity index (χ3n) is 2.81. The Morgan fingerprint density at radius 1 is 1.15 bits per heavy atom. The fourth-order valence-corrected chi connectivity index (χ4v) is 2.00. The van der Waals surface area contributed by atoms with Crippen LogP contribution in [0.3, 0.4) is 0 Å². The molecule has 0 saturated heterocycles. The zero-order chi connectivity index (χ0) is 14.1. The maximum Gasteiger partial charge on any atom is 0.255 e. The first-order valence-electron chi connectivity index (χ1n) is 5.79.